The summed E-state index contributed by atoms with van der Waals surface area (Å²) in [4.78, 5) is 19.9. The number of hydrogen-bond acceptors (Lipinski definition) is 3. The van der Waals surface area contributed by atoms with E-state index in [1.165, 1.54) is 6.92 Å². The first-order valence-corrected chi connectivity index (χ1v) is 3.31. The first-order chi connectivity index (χ1) is 4.94. The number of aliphatic hydroxyl groups is 1. The Morgan fingerprint density at radius 2 is 2.18 bits per heavy atom. The van der Waals surface area contributed by atoms with E-state index in [1.54, 1.807) is 0 Å². The van der Waals surface area contributed by atoms with Gasteiger partial charge < -0.3 is 10.4 Å². The van der Waals surface area contributed by atoms with Gasteiger partial charge in [0.05, 0.1) is 0 Å². The van der Waals surface area contributed by atoms with Gasteiger partial charge in [-0.3, -0.25) is 10.1 Å². The summed E-state index contributed by atoms with van der Waals surface area (Å²) >= 11 is 5.56. The number of aliphatic hydroxyl groups excluding tert-OH is 1. The van der Waals surface area contributed by atoms with Gasteiger partial charge in [0, 0.05) is 0 Å². The zero-order valence-corrected chi connectivity index (χ0v) is 6.47. The fraction of sp³-hybridized carbons (Fsp3) is 0.600. The Balaban J connectivity index is 2.84. The molecule has 62 valence electrons. The molecule has 3 N–H and O–H groups in total. The van der Waals surface area contributed by atoms with E-state index in [0.29, 0.717) is 0 Å². The van der Waals surface area contributed by atoms with E-state index in [-0.39, 0.29) is 0 Å². The monoisotopic (exact) mass is 178 g/mol. The number of carbonyl (C=O) groups excluding carboxylic acids is 2. The zero-order chi connectivity index (χ0) is 8.65. The zero-order valence-electron chi connectivity index (χ0n) is 5.72. The second-order valence-electron chi connectivity index (χ2n) is 2.41. The van der Waals surface area contributed by atoms with Crippen LogP contribution in [0.3, 0.4) is 0 Å². The van der Waals surface area contributed by atoms with Crippen molar-refractivity contribution >= 4 is 23.5 Å². The molecule has 0 bridgehead atoms. The molecular weight excluding hydrogens is 172 g/mol. The van der Waals surface area contributed by atoms with Crippen molar-refractivity contribution in [1.82, 2.24) is 10.6 Å². The molecule has 0 aromatic rings. The summed E-state index contributed by atoms with van der Waals surface area (Å²) in [5.41, 5.74) is 0. The van der Waals surface area contributed by atoms with E-state index in [4.69, 9.17) is 16.7 Å². The first kappa shape index (κ1) is 8.29. The molecule has 1 aliphatic rings. The summed E-state index contributed by atoms with van der Waals surface area (Å²) in [7, 11) is 0. The summed E-state index contributed by atoms with van der Waals surface area (Å²) in [6.45, 7) is 1.31. The topological polar surface area (TPSA) is 78.4 Å². The molecular formula is C5H7ClN2O3. The van der Waals surface area contributed by atoms with Crippen LogP contribution in [0.2, 0.25) is 0 Å². The van der Waals surface area contributed by atoms with Crippen molar-refractivity contribution in [3.63, 3.8) is 0 Å². The van der Waals surface area contributed by atoms with Crippen LogP contribution in [-0.4, -0.2) is 28.1 Å². The van der Waals surface area contributed by atoms with Crippen molar-refractivity contribution in [2.75, 3.05) is 0 Å². The Morgan fingerprint density at radius 1 is 1.64 bits per heavy atom. The van der Waals surface area contributed by atoms with Crippen LogP contribution in [-0.2, 0) is 4.79 Å². The van der Waals surface area contributed by atoms with Crippen molar-refractivity contribution in [2.45, 2.75) is 18.0 Å². The number of rotatable bonds is 0. The molecule has 0 aromatic carbocycles. The third-order valence-electron chi connectivity index (χ3n) is 1.45. The Bertz CT molecular complexity index is 216. The van der Waals surface area contributed by atoms with Crippen LogP contribution in [0.5, 0.6) is 0 Å². The molecule has 0 saturated carbocycles. The highest BCUT2D eigenvalue weighted by molar-refractivity contribution is 6.36. The SMILES string of the molecule is C[C@]1(Cl)C(=O)NC(=O)N[C@H]1O. The molecule has 5 nitrogen and oxygen atoms in total. The Kier molecular flexibility index (Phi) is 1.77. The first-order valence-electron chi connectivity index (χ1n) is 2.93. The van der Waals surface area contributed by atoms with Gasteiger partial charge in [-0.15, -0.1) is 11.6 Å². The Hall–Kier alpha value is -0.810. The molecule has 0 spiro atoms. The van der Waals surface area contributed by atoms with Crippen LogP contribution in [0.4, 0.5) is 4.79 Å². The maximum absolute atomic E-state index is 10.9. The van der Waals surface area contributed by atoms with Crippen molar-refractivity contribution in [1.29, 1.82) is 0 Å². The van der Waals surface area contributed by atoms with Crippen LogP contribution in [0.15, 0.2) is 0 Å². The number of nitrogens with one attached hydrogen (secondary N) is 2. The Morgan fingerprint density at radius 3 is 2.64 bits per heavy atom. The predicted octanol–water partition coefficient (Wildman–Crippen LogP) is -0.858. The smallest absolute Gasteiger partial charge is 0.323 e. The third-order valence-corrected chi connectivity index (χ3v) is 1.83. The molecule has 1 rings (SSSR count). The van der Waals surface area contributed by atoms with E-state index in [1.807, 2.05) is 5.32 Å². The maximum atomic E-state index is 10.9. The minimum Gasteiger partial charge on any atom is -0.371 e. The highest BCUT2D eigenvalue weighted by Crippen LogP contribution is 2.20. The van der Waals surface area contributed by atoms with Crippen LogP contribution in [0, 0.1) is 0 Å². The van der Waals surface area contributed by atoms with Gasteiger partial charge in [-0.2, -0.15) is 0 Å². The molecule has 0 aromatic heterocycles. The standard InChI is InChI=1S/C5H7ClN2O3/c1-5(6)2(9)7-4(11)8-3(5)10/h2,9H,1H3,(H2,7,8,10,11)/t2-,5+/m0/s1. The van der Waals surface area contributed by atoms with Gasteiger partial charge in [-0.1, -0.05) is 0 Å². The Labute approximate surface area is 67.7 Å². The van der Waals surface area contributed by atoms with E-state index >= 15 is 0 Å². The number of carbonyl (C=O) groups is 2. The molecule has 0 unspecified atom stereocenters. The molecule has 2 atom stereocenters. The summed E-state index contributed by atoms with van der Waals surface area (Å²) in [6.07, 6.45) is -1.34. The van der Waals surface area contributed by atoms with Crippen molar-refractivity contribution in [2.24, 2.45) is 0 Å². The van der Waals surface area contributed by atoms with Gasteiger partial charge in [0.2, 0.25) is 0 Å². The van der Waals surface area contributed by atoms with Gasteiger partial charge in [-0.25, -0.2) is 4.79 Å². The highest BCUT2D eigenvalue weighted by atomic mass is 35.5. The molecule has 1 aliphatic heterocycles. The summed E-state index contributed by atoms with van der Waals surface area (Å²) < 4.78 is 0. The highest BCUT2D eigenvalue weighted by Gasteiger charge is 2.44. The van der Waals surface area contributed by atoms with Gasteiger partial charge in [-0.05, 0) is 6.92 Å². The number of alkyl halides is 1. The molecule has 1 fully saturated rings. The third kappa shape index (κ3) is 1.29. The lowest BCUT2D eigenvalue weighted by Crippen LogP contribution is -2.65. The van der Waals surface area contributed by atoms with Gasteiger partial charge in [0.15, 0.2) is 11.1 Å². The lowest BCUT2D eigenvalue weighted by molar-refractivity contribution is -0.127. The van der Waals surface area contributed by atoms with Crippen LogP contribution >= 0.6 is 11.6 Å². The second-order valence-corrected chi connectivity index (χ2v) is 3.19. The van der Waals surface area contributed by atoms with Crippen molar-refractivity contribution in [3.8, 4) is 0 Å². The number of urea groups is 1. The molecule has 0 aliphatic carbocycles. The average Bonchev–Trinajstić information content (AvgIpc) is 1.84. The minimum atomic E-state index is -1.48. The van der Waals surface area contributed by atoms with Crippen LogP contribution in [0.25, 0.3) is 0 Å². The van der Waals surface area contributed by atoms with E-state index in [9.17, 15) is 9.59 Å². The molecule has 1 heterocycles. The second kappa shape index (κ2) is 2.35. The van der Waals surface area contributed by atoms with Gasteiger partial charge in [0.1, 0.15) is 0 Å². The van der Waals surface area contributed by atoms with E-state index in [2.05, 4.69) is 5.32 Å². The van der Waals surface area contributed by atoms with Crippen LogP contribution in [0.1, 0.15) is 6.92 Å². The number of imide groups is 1. The van der Waals surface area contributed by atoms with Gasteiger partial charge >= 0.3 is 6.03 Å². The summed E-state index contributed by atoms with van der Waals surface area (Å²) in [5, 5.41) is 13.0. The fourth-order valence-corrected chi connectivity index (χ4v) is 0.747. The fourth-order valence-electron chi connectivity index (χ4n) is 0.645. The maximum Gasteiger partial charge on any atom is 0.323 e. The predicted molar refractivity (Wildman–Crippen MR) is 36.9 cm³/mol. The number of amides is 3. The normalized spacial score (nSPS) is 37.9. The molecule has 6 heteroatoms. The molecule has 0 radical (unpaired) electrons. The molecule has 3 amide bonds. The van der Waals surface area contributed by atoms with Crippen molar-refractivity contribution < 1.29 is 14.7 Å². The summed E-state index contributed by atoms with van der Waals surface area (Å²) in [5.74, 6) is -0.699. The van der Waals surface area contributed by atoms with Crippen molar-refractivity contribution in [3.05, 3.63) is 0 Å². The lowest BCUT2D eigenvalue weighted by Gasteiger charge is -2.31. The molecule has 11 heavy (non-hydrogen) atoms. The number of halogens is 1. The lowest BCUT2D eigenvalue weighted by atomic mass is 10.1. The average molecular weight is 179 g/mol. The summed E-state index contributed by atoms with van der Waals surface area (Å²) in [6, 6.07) is -0.736. The largest absolute Gasteiger partial charge is 0.371 e. The number of hydrogen-bond donors (Lipinski definition) is 3. The van der Waals surface area contributed by atoms with E-state index in [0.717, 1.165) is 0 Å². The molecule has 1 saturated heterocycles. The van der Waals surface area contributed by atoms with Gasteiger partial charge in [0.25, 0.3) is 5.91 Å². The quantitative estimate of drug-likeness (QED) is 0.423. The minimum absolute atomic E-state index is 0.699. The van der Waals surface area contributed by atoms with Crippen LogP contribution < -0.4 is 10.6 Å². The van der Waals surface area contributed by atoms with E-state index < -0.39 is 23.0 Å².